The average Bonchev–Trinajstić information content (AvgIpc) is 2.69. The topological polar surface area (TPSA) is 85.3 Å². The molecule has 2 aromatic carbocycles. The number of ether oxygens (including phenoxy) is 2. The van der Waals surface area contributed by atoms with Crippen LogP contribution in [0.4, 0.5) is 0 Å². The first-order valence-corrected chi connectivity index (χ1v) is 9.93. The van der Waals surface area contributed by atoms with Crippen LogP contribution in [0.25, 0.3) is 0 Å². The number of rotatable bonds is 6. The van der Waals surface area contributed by atoms with Crippen LogP contribution in [-0.2, 0) is 32.9 Å². The second-order valence-electron chi connectivity index (χ2n) is 6.15. The quantitative estimate of drug-likeness (QED) is 0.696. The largest absolute Gasteiger partial charge is 0.497 e. The Hall–Kier alpha value is -3.13. The van der Waals surface area contributed by atoms with E-state index in [4.69, 9.17) is 9.47 Å². The summed E-state index contributed by atoms with van der Waals surface area (Å²) in [6.07, 6.45) is 1.27. The third kappa shape index (κ3) is 4.58. The van der Waals surface area contributed by atoms with E-state index in [1.165, 1.54) is 13.1 Å². The van der Waals surface area contributed by atoms with E-state index in [1.54, 1.807) is 31.4 Å². The Morgan fingerprint density at radius 1 is 1.04 bits per heavy atom. The molecule has 0 bridgehead atoms. The number of carbonyl (C=O) groups excluding carboxylic acids is 1. The molecule has 1 aliphatic heterocycles. The highest BCUT2D eigenvalue weighted by Crippen LogP contribution is 2.21. The van der Waals surface area contributed by atoms with E-state index >= 15 is 0 Å². The van der Waals surface area contributed by atoms with Gasteiger partial charge in [0.25, 0.3) is 0 Å². The highest BCUT2D eigenvalue weighted by molar-refractivity contribution is 7.88. The van der Waals surface area contributed by atoms with Gasteiger partial charge < -0.3 is 9.47 Å². The molecule has 7 nitrogen and oxygen atoms in total. The van der Waals surface area contributed by atoms with E-state index in [2.05, 4.69) is 4.40 Å². The first kappa shape index (κ1) is 19.6. The zero-order valence-corrected chi connectivity index (χ0v) is 16.3. The fourth-order valence-corrected chi connectivity index (χ4v) is 3.72. The van der Waals surface area contributed by atoms with E-state index < -0.39 is 16.2 Å². The molecule has 0 amide bonds. The van der Waals surface area contributed by atoms with E-state index in [9.17, 15) is 13.2 Å². The van der Waals surface area contributed by atoms with E-state index in [0.717, 1.165) is 15.4 Å². The van der Waals surface area contributed by atoms with Crippen LogP contribution in [0.5, 0.6) is 5.75 Å². The summed E-state index contributed by atoms with van der Waals surface area (Å²) in [5.74, 6) is 0.0413. The molecule has 0 atom stereocenters. The average molecular weight is 400 g/mol. The number of methoxy groups -OCH3 is 1. The van der Waals surface area contributed by atoms with Crippen molar-refractivity contribution in [2.75, 3.05) is 7.11 Å². The van der Waals surface area contributed by atoms with Gasteiger partial charge >= 0.3 is 16.2 Å². The summed E-state index contributed by atoms with van der Waals surface area (Å²) in [5, 5.41) is 0. The van der Waals surface area contributed by atoms with Gasteiger partial charge in [0.1, 0.15) is 12.4 Å². The minimum atomic E-state index is -3.91. The van der Waals surface area contributed by atoms with E-state index in [0.29, 0.717) is 5.75 Å². The molecule has 0 aromatic heterocycles. The molecule has 8 heteroatoms. The Kier molecular flexibility index (Phi) is 5.79. The number of hydrogen-bond acceptors (Lipinski definition) is 5. The number of hydrogen-bond donors (Lipinski definition) is 0. The molecule has 1 aliphatic rings. The minimum Gasteiger partial charge on any atom is -0.497 e. The van der Waals surface area contributed by atoms with Gasteiger partial charge in [0.15, 0.2) is 0 Å². The standard InChI is InChI=1S/C20H20N2O5S/c1-15-19(20(23)27-14-17-6-4-3-5-7-17)13-22(28(24,25)21-15)12-16-8-10-18(26-2)11-9-16/h3-11,13H,12,14H2,1-2H3. The van der Waals surface area contributed by atoms with Gasteiger partial charge in [0, 0.05) is 6.20 Å². The zero-order chi connectivity index (χ0) is 20.1. The molecule has 146 valence electrons. The van der Waals surface area contributed by atoms with Gasteiger partial charge in [-0.05, 0) is 30.2 Å². The molecule has 3 rings (SSSR count). The van der Waals surface area contributed by atoms with Crippen molar-refractivity contribution in [2.45, 2.75) is 20.1 Å². The summed E-state index contributed by atoms with van der Waals surface area (Å²) in [5.41, 5.74) is 1.78. The monoisotopic (exact) mass is 400 g/mol. The minimum absolute atomic E-state index is 0.0403. The third-order valence-electron chi connectivity index (χ3n) is 4.14. The number of carbonyl (C=O) groups is 1. The number of esters is 1. The molecular weight excluding hydrogens is 380 g/mol. The maximum atomic E-state index is 12.5. The lowest BCUT2D eigenvalue weighted by Gasteiger charge is -2.23. The van der Waals surface area contributed by atoms with Crippen LogP contribution in [-0.4, -0.2) is 31.5 Å². The Morgan fingerprint density at radius 3 is 2.36 bits per heavy atom. The summed E-state index contributed by atoms with van der Waals surface area (Å²) in [6.45, 7) is 1.60. The second-order valence-corrected chi connectivity index (χ2v) is 7.70. The number of nitrogens with zero attached hydrogens (tertiary/aromatic N) is 2. The fourth-order valence-electron chi connectivity index (χ4n) is 2.62. The van der Waals surface area contributed by atoms with Gasteiger partial charge in [0.05, 0.1) is 24.9 Å². The van der Waals surface area contributed by atoms with Crippen LogP contribution in [0.1, 0.15) is 18.1 Å². The fraction of sp³-hybridized carbons (Fsp3) is 0.200. The molecule has 0 radical (unpaired) electrons. The van der Waals surface area contributed by atoms with Crippen molar-refractivity contribution in [1.82, 2.24) is 4.31 Å². The normalized spacial score (nSPS) is 15.4. The smallest absolute Gasteiger partial charge is 0.344 e. The maximum Gasteiger partial charge on any atom is 0.344 e. The van der Waals surface area contributed by atoms with Crippen molar-refractivity contribution >= 4 is 21.9 Å². The highest BCUT2D eigenvalue weighted by atomic mass is 32.2. The molecule has 28 heavy (non-hydrogen) atoms. The van der Waals surface area contributed by atoms with Crippen LogP contribution < -0.4 is 4.74 Å². The summed E-state index contributed by atoms with van der Waals surface area (Å²) >= 11 is 0. The van der Waals surface area contributed by atoms with Gasteiger partial charge in [-0.15, -0.1) is 4.40 Å². The highest BCUT2D eigenvalue weighted by Gasteiger charge is 2.29. The summed E-state index contributed by atoms with van der Waals surface area (Å²) in [6, 6.07) is 16.2. The molecule has 0 N–H and O–H groups in total. The van der Waals surface area contributed by atoms with Crippen LogP contribution >= 0.6 is 0 Å². The van der Waals surface area contributed by atoms with Crippen molar-refractivity contribution in [3.05, 3.63) is 77.5 Å². The van der Waals surface area contributed by atoms with Gasteiger partial charge in [-0.1, -0.05) is 42.5 Å². The molecule has 0 unspecified atom stereocenters. The molecular formula is C20H20N2O5S. The van der Waals surface area contributed by atoms with Gasteiger partial charge in [0.2, 0.25) is 0 Å². The lowest BCUT2D eigenvalue weighted by Crippen LogP contribution is -2.31. The molecule has 0 saturated heterocycles. The van der Waals surface area contributed by atoms with Crippen LogP contribution in [0, 0.1) is 0 Å². The summed E-state index contributed by atoms with van der Waals surface area (Å²) in [7, 11) is -2.36. The predicted octanol–water partition coefficient (Wildman–Crippen LogP) is 2.84. The van der Waals surface area contributed by atoms with E-state index in [-0.39, 0.29) is 24.4 Å². The Balaban J connectivity index is 1.77. The van der Waals surface area contributed by atoms with Gasteiger partial charge in [-0.2, -0.15) is 8.42 Å². The lowest BCUT2D eigenvalue weighted by molar-refractivity contribution is -0.139. The Morgan fingerprint density at radius 2 is 1.71 bits per heavy atom. The van der Waals surface area contributed by atoms with E-state index in [1.807, 2.05) is 30.3 Å². The molecule has 1 heterocycles. The van der Waals surface area contributed by atoms with Crippen molar-refractivity contribution in [3.8, 4) is 5.75 Å². The molecule has 0 spiro atoms. The Labute approximate surface area is 164 Å². The summed E-state index contributed by atoms with van der Waals surface area (Å²) in [4.78, 5) is 12.5. The van der Waals surface area contributed by atoms with Crippen molar-refractivity contribution in [1.29, 1.82) is 0 Å². The molecule has 0 saturated carbocycles. The summed E-state index contributed by atoms with van der Waals surface area (Å²) < 4.78 is 39.9. The predicted molar refractivity (Wildman–Crippen MR) is 105 cm³/mol. The maximum absolute atomic E-state index is 12.5. The van der Waals surface area contributed by atoms with Crippen LogP contribution in [0.15, 0.2) is 70.8 Å². The van der Waals surface area contributed by atoms with Crippen molar-refractivity contribution < 1.29 is 22.7 Å². The first-order valence-electron chi connectivity index (χ1n) is 8.53. The SMILES string of the molecule is COc1ccc(CN2C=C(C(=O)OCc3ccccc3)C(C)=NS2(=O)=O)cc1. The molecule has 0 fully saturated rings. The second kappa shape index (κ2) is 8.26. The zero-order valence-electron chi connectivity index (χ0n) is 15.5. The van der Waals surface area contributed by atoms with Crippen molar-refractivity contribution in [3.63, 3.8) is 0 Å². The molecule has 0 aliphatic carbocycles. The Bertz CT molecular complexity index is 1010. The number of benzene rings is 2. The lowest BCUT2D eigenvalue weighted by atomic mass is 10.2. The molecule has 2 aromatic rings. The van der Waals surface area contributed by atoms with Crippen molar-refractivity contribution in [2.24, 2.45) is 4.40 Å². The van der Waals surface area contributed by atoms with Gasteiger partial charge in [-0.25, -0.2) is 4.79 Å². The third-order valence-corrected chi connectivity index (χ3v) is 5.47. The first-order chi connectivity index (χ1) is 13.4. The van der Waals surface area contributed by atoms with Gasteiger partial charge in [-0.3, -0.25) is 4.31 Å². The van der Waals surface area contributed by atoms with Crippen LogP contribution in [0.2, 0.25) is 0 Å². The van der Waals surface area contributed by atoms with Crippen LogP contribution in [0.3, 0.4) is 0 Å².